The number of pyridine rings is 1. The molecule has 0 radical (unpaired) electrons. The Morgan fingerprint density at radius 3 is 2.52 bits per heavy atom. The van der Waals surface area contributed by atoms with Gasteiger partial charge in [-0.25, -0.2) is 19.2 Å². The molecule has 0 aliphatic carbocycles. The summed E-state index contributed by atoms with van der Waals surface area (Å²) in [5.74, 6) is 0.826. The maximum Gasteiger partial charge on any atom is 0.345 e. The molecule has 16 heteroatoms. The molecule has 3 aromatic heterocycles. The highest BCUT2D eigenvalue weighted by Crippen LogP contribution is 2.46. The number of nitrogens with zero attached hydrogens (tertiary/aromatic N) is 6. The monoisotopic (exact) mass is 904 g/mol. The van der Waals surface area contributed by atoms with Gasteiger partial charge >= 0.3 is 5.97 Å². The zero-order valence-corrected chi connectivity index (χ0v) is 37.3. The summed E-state index contributed by atoms with van der Waals surface area (Å²) < 4.78 is 49.4. The second-order valence-electron chi connectivity index (χ2n) is 15.2. The molecule has 1 aliphatic rings. The van der Waals surface area contributed by atoms with Crippen LogP contribution in [0.25, 0.3) is 43.9 Å². The van der Waals surface area contributed by atoms with Gasteiger partial charge in [-0.15, -0.1) is 0 Å². The number of ether oxygens (including phenoxy) is 5. The number of aromatic nitrogens is 4. The standard InChI is InChI=1S/C48H46ClFN6O7S/c1-29-35(13-15-39(44(29)49)61-23-22-56-20-18-55(2)19-21-56)42-43-41(27-52-45(42)31-9-7-10-34(24-31)59-3)64-54-47(43)63-40(48(57)58)25-30-8-5-6-11-37(30)62-28-33-16-17-51-46(53-33)36-26-32(50)12-14-38(36)60-4/h5-17,24,26-27,40H,18-23,25,28H2,1-4H3,(H,57,58). The minimum absolute atomic E-state index is 0.0187. The molecule has 0 amide bonds. The van der Waals surface area contributed by atoms with Crippen LogP contribution in [0.4, 0.5) is 4.39 Å². The van der Waals surface area contributed by atoms with Crippen LogP contribution in [-0.4, -0.2) is 107 Å². The summed E-state index contributed by atoms with van der Waals surface area (Å²) >= 11 is 8.26. The molecule has 8 rings (SSSR count). The Kier molecular flexibility index (Phi) is 13.8. The molecule has 0 saturated carbocycles. The number of likely N-dealkylation sites (N-methyl/N-ethyl adjacent to an activating group) is 1. The van der Waals surface area contributed by atoms with Gasteiger partial charge in [0.25, 0.3) is 0 Å². The molecule has 1 unspecified atom stereocenters. The number of hydrogen-bond donors (Lipinski definition) is 1. The van der Waals surface area contributed by atoms with E-state index in [2.05, 4.69) is 31.2 Å². The van der Waals surface area contributed by atoms with Crippen LogP contribution in [0.3, 0.4) is 0 Å². The average Bonchev–Trinajstić information content (AvgIpc) is 3.73. The van der Waals surface area contributed by atoms with E-state index >= 15 is 0 Å². The molecule has 0 spiro atoms. The Hall–Kier alpha value is -6.39. The normalized spacial score (nSPS) is 13.7. The van der Waals surface area contributed by atoms with Crippen molar-refractivity contribution in [1.29, 1.82) is 0 Å². The SMILES string of the molecule is COc1cccc(-c2ncc3snc(OC(Cc4ccccc4OCc4ccnc(-c5cc(F)ccc5OC)n4)C(=O)O)c3c2-c2ccc(OCCN3CCN(C)CC3)c(Cl)c2C)c1. The van der Waals surface area contributed by atoms with E-state index in [9.17, 15) is 14.3 Å². The van der Waals surface area contributed by atoms with Crippen LogP contribution < -0.4 is 23.7 Å². The molecule has 13 nitrogen and oxygen atoms in total. The van der Waals surface area contributed by atoms with Crippen LogP contribution in [0.15, 0.2) is 97.3 Å². The van der Waals surface area contributed by atoms with Crippen LogP contribution >= 0.6 is 23.1 Å². The molecule has 1 atom stereocenters. The lowest BCUT2D eigenvalue weighted by molar-refractivity contribution is -0.145. The Labute approximate surface area is 379 Å². The summed E-state index contributed by atoms with van der Waals surface area (Å²) in [6.07, 6.45) is 1.84. The number of aliphatic carboxylic acids is 1. The topological polar surface area (TPSA) is 141 Å². The van der Waals surface area contributed by atoms with Gasteiger partial charge in [-0.2, -0.15) is 4.37 Å². The number of carboxylic acids is 1. The van der Waals surface area contributed by atoms with Crippen molar-refractivity contribution in [2.24, 2.45) is 0 Å². The Bertz CT molecular complexity index is 2780. The van der Waals surface area contributed by atoms with Gasteiger partial charge in [0.2, 0.25) is 12.0 Å². The molecule has 0 bridgehead atoms. The predicted octanol–water partition coefficient (Wildman–Crippen LogP) is 8.88. The predicted molar refractivity (Wildman–Crippen MR) is 245 cm³/mol. The van der Waals surface area contributed by atoms with Gasteiger partial charge < -0.3 is 33.7 Å². The van der Waals surface area contributed by atoms with Crippen molar-refractivity contribution in [2.45, 2.75) is 26.1 Å². The Morgan fingerprint density at radius 2 is 1.72 bits per heavy atom. The van der Waals surface area contributed by atoms with Gasteiger partial charge in [0, 0.05) is 62.7 Å². The lowest BCUT2D eigenvalue weighted by Crippen LogP contribution is -2.45. The fourth-order valence-electron chi connectivity index (χ4n) is 7.58. The van der Waals surface area contributed by atoms with E-state index in [1.165, 1.54) is 25.3 Å². The number of carbonyl (C=O) groups is 1. The number of hydrogen-bond acceptors (Lipinski definition) is 13. The summed E-state index contributed by atoms with van der Waals surface area (Å²) in [5.41, 5.74) is 5.04. The van der Waals surface area contributed by atoms with E-state index in [0.717, 1.165) is 60.9 Å². The van der Waals surface area contributed by atoms with Crippen molar-refractivity contribution < 1.29 is 38.0 Å². The van der Waals surface area contributed by atoms with Gasteiger partial charge in [0.05, 0.1) is 46.3 Å². The van der Waals surface area contributed by atoms with E-state index < -0.39 is 17.9 Å². The van der Waals surface area contributed by atoms with Crippen molar-refractivity contribution in [3.05, 3.63) is 125 Å². The van der Waals surface area contributed by atoms with E-state index in [4.69, 9.17) is 40.3 Å². The van der Waals surface area contributed by atoms with Crippen LogP contribution in [0.2, 0.25) is 5.02 Å². The lowest BCUT2D eigenvalue weighted by atomic mass is 9.93. The third kappa shape index (κ3) is 9.87. The van der Waals surface area contributed by atoms with Gasteiger partial charge in [-0.1, -0.05) is 48.0 Å². The van der Waals surface area contributed by atoms with Gasteiger partial charge in [0.1, 0.15) is 42.0 Å². The second-order valence-corrected chi connectivity index (χ2v) is 16.4. The van der Waals surface area contributed by atoms with Gasteiger partial charge in [0.15, 0.2) is 5.82 Å². The number of fused-ring (bicyclic) bond motifs is 1. The minimum atomic E-state index is -1.37. The molecular weight excluding hydrogens is 859 g/mol. The van der Waals surface area contributed by atoms with E-state index in [-0.39, 0.29) is 24.7 Å². The first kappa shape index (κ1) is 44.2. The van der Waals surface area contributed by atoms with Crippen LogP contribution in [0, 0.1) is 12.7 Å². The first-order valence-electron chi connectivity index (χ1n) is 20.6. The van der Waals surface area contributed by atoms with E-state index in [1.807, 2.05) is 43.3 Å². The molecular formula is C48H46ClFN6O7S. The molecule has 64 heavy (non-hydrogen) atoms. The zero-order valence-electron chi connectivity index (χ0n) is 35.7. The maximum absolute atomic E-state index is 14.2. The number of carboxylic acid groups (broad SMARTS) is 1. The number of para-hydroxylation sites is 1. The zero-order chi connectivity index (χ0) is 44.7. The van der Waals surface area contributed by atoms with E-state index in [0.29, 0.717) is 72.8 Å². The van der Waals surface area contributed by atoms with Crippen molar-refractivity contribution in [3.8, 4) is 62.7 Å². The number of methoxy groups -OCH3 is 2. The van der Waals surface area contributed by atoms with Crippen molar-refractivity contribution in [3.63, 3.8) is 0 Å². The Balaban J connectivity index is 1.09. The fraction of sp³-hybridized carbons (Fsp3) is 0.271. The van der Waals surface area contributed by atoms with E-state index in [1.54, 1.807) is 49.8 Å². The Morgan fingerprint density at radius 1 is 0.906 bits per heavy atom. The van der Waals surface area contributed by atoms with Gasteiger partial charge in [-0.05, 0) is 90.7 Å². The highest BCUT2D eigenvalue weighted by Gasteiger charge is 2.28. The number of rotatable bonds is 17. The number of piperazine rings is 1. The molecule has 4 heterocycles. The molecule has 330 valence electrons. The summed E-state index contributed by atoms with van der Waals surface area (Å²) in [6.45, 7) is 7.23. The maximum atomic E-state index is 14.2. The largest absolute Gasteiger partial charge is 0.497 e. The molecule has 1 saturated heterocycles. The number of benzene rings is 4. The van der Waals surface area contributed by atoms with Crippen molar-refractivity contribution in [1.82, 2.24) is 29.1 Å². The first-order chi connectivity index (χ1) is 31.1. The molecule has 1 aliphatic heterocycles. The summed E-state index contributed by atoms with van der Waals surface area (Å²) in [6, 6.07) is 24.3. The third-order valence-electron chi connectivity index (χ3n) is 11.1. The molecule has 4 aromatic carbocycles. The average molecular weight is 905 g/mol. The molecule has 1 N–H and O–H groups in total. The number of halogens is 2. The summed E-state index contributed by atoms with van der Waals surface area (Å²) in [5, 5.41) is 11.7. The van der Waals surface area contributed by atoms with Crippen molar-refractivity contribution >= 4 is 39.2 Å². The van der Waals surface area contributed by atoms with Crippen molar-refractivity contribution in [2.75, 3.05) is 60.6 Å². The van der Waals surface area contributed by atoms with Gasteiger partial charge in [-0.3, -0.25) is 9.88 Å². The van der Waals surface area contributed by atoms with Crippen LogP contribution in [0.1, 0.15) is 16.8 Å². The lowest BCUT2D eigenvalue weighted by Gasteiger charge is -2.32. The second kappa shape index (κ2) is 20.0. The highest BCUT2D eigenvalue weighted by atomic mass is 35.5. The van der Waals surface area contributed by atoms with Crippen LogP contribution in [0.5, 0.6) is 28.9 Å². The summed E-state index contributed by atoms with van der Waals surface area (Å²) in [4.78, 5) is 31.6. The third-order valence-corrected chi connectivity index (χ3v) is 12.3. The first-order valence-corrected chi connectivity index (χ1v) is 21.8. The molecule has 7 aromatic rings. The van der Waals surface area contributed by atoms with Crippen LogP contribution in [-0.2, 0) is 17.8 Å². The minimum Gasteiger partial charge on any atom is -0.497 e. The fourth-order valence-corrected chi connectivity index (χ4v) is 8.50. The quantitative estimate of drug-likeness (QED) is 0.0931. The molecule has 1 fully saturated rings. The smallest absolute Gasteiger partial charge is 0.345 e. The highest BCUT2D eigenvalue weighted by molar-refractivity contribution is 7.13. The summed E-state index contributed by atoms with van der Waals surface area (Å²) in [7, 11) is 5.22.